The fraction of sp³-hybridized carbons (Fsp3) is 0.364. The quantitative estimate of drug-likeness (QED) is 0.829. The van der Waals surface area contributed by atoms with Crippen molar-refractivity contribution in [2.24, 2.45) is 16.9 Å². The molecule has 4 heteroatoms. The lowest BCUT2D eigenvalue weighted by molar-refractivity contribution is -0.139. The molecule has 0 unspecified atom stereocenters. The lowest BCUT2D eigenvalue weighted by Crippen LogP contribution is -2.45. The molecule has 2 atom stereocenters. The zero-order valence-electron chi connectivity index (χ0n) is 15.1. The van der Waals surface area contributed by atoms with Crippen LogP contribution in [0.15, 0.2) is 59.7 Å². The second kappa shape index (κ2) is 7.32. The third-order valence-corrected chi connectivity index (χ3v) is 5.48. The molecule has 1 amide bonds. The van der Waals surface area contributed by atoms with Crippen LogP contribution >= 0.6 is 0 Å². The van der Waals surface area contributed by atoms with Gasteiger partial charge in [-0.3, -0.25) is 4.79 Å². The average molecular weight is 348 g/mol. The van der Waals surface area contributed by atoms with Crippen molar-refractivity contribution in [3.8, 4) is 5.75 Å². The number of methoxy groups -OCH3 is 1. The van der Waals surface area contributed by atoms with E-state index in [1.807, 2.05) is 42.5 Å². The van der Waals surface area contributed by atoms with Gasteiger partial charge < -0.3 is 4.74 Å². The Morgan fingerprint density at radius 2 is 1.69 bits per heavy atom. The highest BCUT2D eigenvalue weighted by atomic mass is 16.5. The van der Waals surface area contributed by atoms with E-state index in [4.69, 9.17) is 9.84 Å². The SMILES string of the molecule is COc1ccc(C2=NN(Cc3ccccc3)C(=O)[C@H]3CCCC[C@@H]23)cc1. The van der Waals surface area contributed by atoms with Crippen LogP contribution in [-0.4, -0.2) is 23.7 Å². The van der Waals surface area contributed by atoms with Crippen LogP contribution in [0.2, 0.25) is 0 Å². The standard InChI is InChI=1S/C22H24N2O2/c1-26-18-13-11-17(12-14-18)21-19-9-5-6-10-20(19)22(25)24(23-21)15-16-7-3-2-4-8-16/h2-4,7-8,11-14,19-20H,5-6,9-10,15H2,1H3/t19-,20+/m1/s1. The minimum Gasteiger partial charge on any atom is -0.497 e. The van der Waals surface area contributed by atoms with Crippen LogP contribution in [0.5, 0.6) is 5.75 Å². The molecule has 1 aliphatic carbocycles. The molecule has 1 heterocycles. The van der Waals surface area contributed by atoms with E-state index in [1.165, 1.54) is 6.42 Å². The Morgan fingerprint density at radius 3 is 2.38 bits per heavy atom. The first kappa shape index (κ1) is 16.8. The third kappa shape index (κ3) is 3.24. The molecule has 0 saturated heterocycles. The van der Waals surface area contributed by atoms with Crippen LogP contribution in [0.4, 0.5) is 0 Å². The topological polar surface area (TPSA) is 41.9 Å². The van der Waals surface area contributed by atoms with Gasteiger partial charge in [-0.15, -0.1) is 0 Å². The number of hydrogen-bond acceptors (Lipinski definition) is 3. The lowest BCUT2D eigenvalue weighted by atomic mass is 9.73. The van der Waals surface area contributed by atoms with E-state index in [2.05, 4.69) is 12.1 Å². The number of amides is 1. The molecule has 1 saturated carbocycles. The van der Waals surface area contributed by atoms with E-state index in [-0.39, 0.29) is 17.7 Å². The number of hydrazone groups is 1. The number of nitrogens with zero attached hydrogens (tertiary/aromatic N) is 2. The number of carbonyl (C=O) groups excluding carboxylic acids is 1. The first-order valence-electron chi connectivity index (χ1n) is 9.34. The molecular weight excluding hydrogens is 324 g/mol. The molecule has 4 nitrogen and oxygen atoms in total. The fourth-order valence-corrected chi connectivity index (χ4v) is 4.10. The molecule has 134 valence electrons. The number of carbonyl (C=O) groups is 1. The highest BCUT2D eigenvalue weighted by molar-refractivity contribution is 6.06. The highest BCUT2D eigenvalue weighted by Gasteiger charge is 2.41. The summed E-state index contributed by atoms with van der Waals surface area (Å²) in [6.07, 6.45) is 4.30. The van der Waals surface area contributed by atoms with Gasteiger partial charge in [0.05, 0.1) is 19.4 Å². The van der Waals surface area contributed by atoms with E-state index in [9.17, 15) is 4.79 Å². The summed E-state index contributed by atoms with van der Waals surface area (Å²) in [6.45, 7) is 0.530. The third-order valence-electron chi connectivity index (χ3n) is 5.48. The second-order valence-corrected chi connectivity index (χ2v) is 7.09. The smallest absolute Gasteiger partial charge is 0.246 e. The first-order valence-corrected chi connectivity index (χ1v) is 9.34. The van der Waals surface area contributed by atoms with E-state index in [0.717, 1.165) is 41.9 Å². The first-order chi connectivity index (χ1) is 12.8. The molecule has 1 aliphatic heterocycles. The van der Waals surface area contributed by atoms with Crippen molar-refractivity contribution in [1.82, 2.24) is 5.01 Å². The normalized spacial score (nSPS) is 22.6. The van der Waals surface area contributed by atoms with Gasteiger partial charge in [-0.1, -0.05) is 43.2 Å². The van der Waals surface area contributed by atoms with Crippen molar-refractivity contribution in [2.45, 2.75) is 32.2 Å². The van der Waals surface area contributed by atoms with Gasteiger partial charge in [-0.25, -0.2) is 5.01 Å². The van der Waals surface area contributed by atoms with Crippen LogP contribution in [0, 0.1) is 11.8 Å². The monoisotopic (exact) mass is 348 g/mol. The Kier molecular flexibility index (Phi) is 4.74. The molecule has 0 N–H and O–H groups in total. The maximum absolute atomic E-state index is 13.0. The molecule has 2 aromatic rings. The summed E-state index contributed by atoms with van der Waals surface area (Å²) in [7, 11) is 1.67. The van der Waals surface area contributed by atoms with Gasteiger partial charge in [0.15, 0.2) is 0 Å². The molecule has 4 rings (SSSR count). The Morgan fingerprint density at radius 1 is 1.00 bits per heavy atom. The van der Waals surface area contributed by atoms with Crippen LogP contribution in [0.1, 0.15) is 36.8 Å². The van der Waals surface area contributed by atoms with Crippen molar-refractivity contribution >= 4 is 11.6 Å². The minimum absolute atomic E-state index is 0.0575. The van der Waals surface area contributed by atoms with Gasteiger partial charge in [-0.05, 0) is 48.2 Å². The van der Waals surface area contributed by atoms with Gasteiger partial charge >= 0.3 is 0 Å². The summed E-state index contributed by atoms with van der Waals surface area (Å²) < 4.78 is 5.28. The molecule has 0 radical (unpaired) electrons. The van der Waals surface area contributed by atoms with Gasteiger partial charge in [0.25, 0.3) is 0 Å². The maximum atomic E-state index is 13.0. The Bertz CT molecular complexity index is 799. The van der Waals surface area contributed by atoms with Gasteiger partial charge in [0.2, 0.25) is 5.91 Å². The Balaban J connectivity index is 1.70. The van der Waals surface area contributed by atoms with Gasteiger partial charge in [0.1, 0.15) is 5.75 Å². The lowest BCUT2D eigenvalue weighted by Gasteiger charge is -2.38. The zero-order chi connectivity index (χ0) is 17.9. The summed E-state index contributed by atoms with van der Waals surface area (Å²) in [4.78, 5) is 13.0. The number of rotatable bonds is 4. The van der Waals surface area contributed by atoms with Crippen molar-refractivity contribution in [1.29, 1.82) is 0 Å². The van der Waals surface area contributed by atoms with Crippen molar-refractivity contribution in [3.05, 3.63) is 65.7 Å². The van der Waals surface area contributed by atoms with Gasteiger partial charge in [0, 0.05) is 11.8 Å². The van der Waals surface area contributed by atoms with Crippen molar-refractivity contribution < 1.29 is 9.53 Å². The highest BCUT2D eigenvalue weighted by Crippen LogP contribution is 2.38. The van der Waals surface area contributed by atoms with E-state index < -0.39 is 0 Å². The average Bonchev–Trinajstić information content (AvgIpc) is 2.71. The second-order valence-electron chi connectivity index (χ2n) is 7.09. The minimum atomic E-state index is 0.0575. The summed E-state index contributed by atoms with van der Waals surface area (Å²) >= 11 is 0. The molecule has 0 spiro atoms. The fourth-order valence-electron chi connectivity index (χ4n) is 4.10. The zero-order valence-corrected chi connectivity index (χ0v) is 15.1. The molecule has 0 aromatic heterocycles. The van der Waals surface area contributed by atoms with E-state index in [1.54, 1.807) is 12.1 Å². The maximum Gasteiger partial charge on any atom is 0.246 e. The Hall–Kier alpha value is -2.62. The van der Waals surface area contributed by atoms with Crippen molar-refractivity contribution in [2.75, 3.05) is 7.11 Å². The summed E-state index contributed by atoms with van der Waals surface area (Å²) in [5, 5.41) is 6.51. The number of hydrogen-bond donors (Lipinski definition) is 0. The van der Waals surface area contributed by atoms with E-state index >= 15 is 0 Å². The van der Waals surface area contributed by atoms with Crippen LogP contribution in [-0.2, 0) is 11.3 Å². The van der Waals surface area contributed by atoms with Crippen LogP contribution in [0.25, 0.3) is 0 Å². The van der Waals surface area contributed by atoms with Crippen molar-refractivity contribution in [3.63, 3.8) is 0 Å². The summed E-state index contributed by atoms with van der Waals surface area (Å²) in [5.41, 5.74) is 3.24. The van der Waals surface area contributed by atoms with Crippen LogP contribution in [0.3, 0.4) is 0 Å². The molecule has 2 aliphatic rings. The summed E-state index contributed by atoms with van der Waals surface area (Å²) in [5.74, 6) is 1.30. The number of benzene rings is 2. The molecular formula is C22H24N2O2. The number of ether oxygens (including phenoxy) is 1. The van der Waals surface area contributed by atoms with E-state index in [0.29, 0.717) is 6.54 Å². The largest absolute Gasteiger partial charge is 0.497 e. The Labute approximate surface area is 154 Å². The van der Waals surface area contributed by atoms with Crippen LogP contribution < -0.4 is 4.74 Å². The predicted molar refractivity (Wildman–Crippen MR) is 102 cm³/mol. The molecule has 2 aromatic carbocycles. The molecule has 0 bridgehead atoms. The number of fused-ring (bicyclic) bond motifs is 1. The predicted octanol–water partition coefficient (Wildman–Crippen LogP) is 4.25. The summed E-state index contributed by atoms with van der Waals surface area (Å²) in [6, 6.07) is 18.1. The molecule has 26 heavy (non-hydrogen) atoms. The molecule has 1 fully saturated rings. The van der Waals surface area contributed by atoms with Gasteiger partial charge in [-0.2, -0.15) is 5.10 Å².